The number of para-hydroxylation sites is 2. The second-order valence-corrected chi connectivity index (χ2v) is 7.83. The van der Waals surface area contributed by atoms with Gasteiger partial charge in [0, 0.05) is 5.56 Å². The Bertz CT molecular complexity index is 1490. The van der Waals surface area contributed by atoms with Crippen molar-refractivity contribution in [1.82, 2.24) is 5.43 Å². The van der Waals surface area contributed by atoms with Crippen LogP contribution in [0.4, 0.5) is 5.69 Å². The van der Waals surface area contributed by atoms with Crippen molar-refractivity contribution in [3.05, 3.63) is 101 Å². The Balaban J connectivity index is 1.55. The van der Waals surface area contributed by atoms with Crippen LogP contribution in [0.15, 0.2) is 90.0 Å². The number of hydrazone groups is 1. The van der Waals surface area contributed by atoms with Crippen molar-refractivity contribution in [2.45, 2.75) is 0 Å². The molecule has 2 amide bonds. The number of carbonyl (C=O) groups excluding carboxylic acids is 3. The topological polar surface area (TPSA) is 106 Å². The van der Waals surface area contributed by atoms with Gasteiger partial charge in [-0.1, -0.05) is 66.2 Å². The van der Waals surface area contributed by atoms with Gasteiger partial charge in [-0.15, -0.1) is 0 Å². The number of carbonyl (C=O) groups is 3. The van der Waals surface area contributed by atoms with E-state index >= 15 is 0 Å². The first-order chi connectivity index (χ1) is 17.5. The Morgan fingerprint density at radius 2 is 1.56 bits per heavy atom. The number of rotatable bonds is 6. The minimum Gasteiger partial charge on any atom is -0.495 e. The number of ether oxygens (including phenoxy) is 2. The minimum absolute atomic E-state index is 0.204. The molecule has 0 unspecified atom stereocenters. The number of hydrogen-bond acceptors (Lipinski definition) is 6. The largest absolute Gasteiger partial charge is 0.495 e. The molecule has 0 spiro atoms. The van der Waals surface area contributed by atoms with Gasteiger partial charge in [0.15, 0.2) is 0 Å². The van der Waals surface area contributed by atoms with Crippen LogP contribution >= 0.6 is 11.6 Å². The predicted molar refractivity (Wildman–Crippen MR) is 138 cm³/mol. The molecule has 0 bridgehead atoms. The monoisotopic (exact) mass is 501 g/mol. The maximum atomic E-state index is 12.7. The van der Waals surface area contributed by atoms with E-state index in [0.29, 0.717) is 17.0 Å². The fraction of sp³-hybridized carbons (Fsp3) is 0.0370. The molecule has 0 saturated carbocycles. The highest BCUT2D eigenvalue weighted by atomic mass is 35.5. The van der Waals surface area contributed by atoms with E-state index in [9.17, 15) is 14.4 Å². The second kappa shape index (κ2) is 11.2. The van der Waals surface area contributed by atoms with Crippen molar-refractivity contribution in [3.8, 4) is 11.5 Å². The van der Waals surface area contributed by atoms with E-state index in [-0.39, 0.29) is 16.3 Å². The van der Waals surface area contributed by atoms with Crippen LogP contribution in [-0.4, -0.2) is 31.1 Å². The molecule has 180 valence electrons. The maximum Gasteiger partial charge on any atom is 0.345 e. The zero-order valence-corrected chi connectivity index (χ0v) is 19.8. The molecule has 0 aromatic heterocycles. The molecule has 0 aliphatic rings. The molecule has 4 rings (SSSR count). The first-order valence-electron chi connectivity index (χ1n) is 10.7. The highest BCUT2D eigenvalue weighted by Crippen LogP contribution is 2.28. The third-order valence-electron chi connectivity index (χ3n) is 5.15. The van der Waals surface area contributed by atoms with Crippen LogP contribution in [0.25, 0.3) is 10.8 Å². The molecule has 2 N–H and O–H groups in total. The molecule has 0 atom stereocenters. The average Bonchev–Trinajstić information content (AvgIpc) is 2.90. The zero-order valence-electron chi connectivity index (χ0n) is 19.0. The molecule has 0 aliphatic heterocycles. The van der Waals surface area contributed by atoms with Crippen LogP contribution in [0.5, 0.6) is 11.5 Å². The second-order valence-electron chi connectivity index (χ2n) is 7.42. The smallest absolute Gasteiger partial charge is 0.345 e. The third-order valence-corrected chi connectivity index (χ3v) is 5.48. The molecule has 9 heteroatoms. The van der Waals surface area contributed by atoms with Crippen LogP contribution in [-0.2, 0) is 9.59 Å². The summed E-state index contributed by atoms with van der Waals surface area (Å²) >= 11 is 6.12. The van der Waals surface area contributed by atoms with Gasteiger partial charge in [-0.05, 0) is 41.1 Å². The normalized spacial score (nSPS) is 10.7. The van der Waals surface area contributed by atoms with Gasteiger partial charge >= 0.3 is 17.8 Å². The SMILES string of the molecule is COc1ccccc1NC(=O)C(=O)NN=Cc1c(OC(=O)c2ccccc2Cl)ccc2ccccc12. The Morgan fingerprint density at radius 1 is 0.833 bits per heavy atom. The number of esters is 1. The number of halogens is 1. The minimum atomic E-state index is -0.994. The van der Waals surface area contributed by atoms with Gasteiger partial charge in [-0.25, -0.2) is 10.2 Å². The Labute approximate surface area is 211 Å². The Morgan fingerprint density at radius 3 is 2.36 bits per heavy atom. The van der Waals surface area contributed by atoms with Gasteiger partial charge in [-0.2, -0.15) is 5.10 Å². The highest BCUT2D eigenvalue weighted by molar-refractivity contribution is 6.39. The quantitative estimate of drug-likeness (QED) is 0.130. The van der Waals surface area contributed by atoms with Crippen molar-refractivity contribution in [1.29, 1.82) is 0 Å². The van der Waals surface area contributed by atoms with E-state index in [1.165, 1.54) is 13.3 Å². The van der Waals surface area contributed by atoms with E-state index in [1.807, 2.05) is 24.3 Å². The maximum absolute atomic E-state index is 12.7. The van der Waals surface area contributed by atoms with Crippen LogP contribution in [0.1, 0.15) is 15.9 Å². The van der Waals surface area contributed by atoms with Crippen LogP contribution in [0.2, 0.25) is 5.02 Å². The number of amides is 2. The fourth-order valence-electron chi connectivity index (χ4n) is 3.41. The number of benzene rings is 4. The molecular weight excluding hydrogens is 482 g/mol. The molecule has 0 saturated heterocycles. The lowest BCUT2D eigenvalue weighted by atomic mass is 10.0. The van der Waals surface area contributed by atoms with Crippen molar-refractivity contribution in [3.63, 3.8) is 0 Å². The van der Waals surface area contributed by atoms with E-state index in [4.69, 9.17) is 21.1 Å². The lowest BCUT2D eigenvalue weighted by Gasteiger charge is -2.11. The lowest BCUT2D eigenvalue weighted by Crippen LogP contribution is -2.32. The lowest BCUT2D eigenvalue weighted by molar-refractivity contribution is -0.136. The summed E-state index contributed by atoms with van der Waals surface area (Å²) in [4.78, 5) is 37.3. The molecule has 0 fully saturated rings. The highest BCUT2D eigenvalue weighted by Gasteiger charge is 2.17. The van der Waals surface area contributed by atoms with Crippen molar-refractivity contribution >= 4 is 52.1 Å². The van der Waals surface area contributed by atoms with Crippen molar-refractivity contribution in [2.24, 2.45) is 5.10 Å². The third kappa shape index (κ3) is 5.51. The van der Waals surface area contributed by atoms with Gasteiger partial charge in [0.1, 0.15) is 11.5 Å². The van der Waals surface area contributed by atoms with E-state index in [2.05, 4.69) is 15.8 Å². The summed E-state index contributed by atoms with van der Waals surface area (Å²) < 4.78 is 10.8. The average molecular weight is 502 g/mol. The van der Waals surface area contributed by atoms with Gasteiger partial charge < -0.3 is 14.8 Å². The van der Waals surface area contributed by atoms with Gasteiger partial charge in [0.2, 0.25) is 0 Å². The first-order valence-corrected chi connectivity index (χ1v) is 11.1. The van der Waals surface area contributed by atoms with Gasteiger partial charge in [-0.3, -0.25) is 9.59 Å². The van der Waals surface area contributed by atoms with E-state index < -0.39 is 17.8 Å². The summed E-state index contributed by atoms with van der Waals surface area (Å²) in [7, 11) is 1.45. The van der Waals surface area contributed by atoms with Gasteiger partial charge in [0.05, 0.1) is 29.6 Å². The number of nitrogens with one attached hydrogen (secondary N) is 2. The fourth-order valence-corrected chi connectivity index (χ4v) is 3.63. The molecule has 0 radical (unpaired) electrons. The molecular formula is C27H20ClN3O5. The number of nitrogens with zero attached hydrogens (tertiary/aromatic N) is 1. The number of methoxy groups -OCH3 is 1. The van der Waals surface area contributed by atoms with Crippen molar-refractivity contribution < 1.29 is 23.9 Å². The van der Waals surface area contributed by atoms with Gasteiger partial charge in [0.25, 0.3) is 0 Å². The van der Waals surface area contributed by atoms with Crippen LogP contribution in [0.3, 0.4) is 0 Å². The zero-order chi connectivity index (χ0) is 25.5. The van der Waals surface area contributed by atoms with Crippen molar-refractivity contribution in [2.75, 3.05) is 12.4 Å². The molecule has 4 aromatic carbocycles. The predicted octanol–water partition coefficient (Wildman–Crippen LogP) is 4.81. The van der Waals surface area contributed by atoms with E-state index in [0.717, 1.165) is 10.8 Å². The standard InChI is InChI=1S/C27H20ClN3O5/c1-35-24-13-7-6-12-22(24)30-25(32)26(33)31-29-16-20-18-9-3-2-8-17(18)14-15-23(20)36-27(34)19-10-4-5-11-21(19)28/h2-16H,1H3,(H,30,32)(H,31,33). The molecule has 36 heavy (non-hydrogen) atoms. The summed E-state index contributed by atoms with van der Waals surface area (Å²) in [5, 5.41) is 8.23. The summed E-state index contributed by atoms with van der Waals surface area (Å²) in [5.41, 5.74) is 3.17. The number of anilines is 1. The van der Waals surface area contributed by atoms with Crippen LogP contribution in [0, 0.1) is 0 Å². The Hall–Kier alpha value is -4.69. The summed E-state index contributed by atoms with van der Waals surface area (Å²) in [6.45, 7) is 0. The van der Waals surface area contributed by atoms with Crippen LogP contribution < -0.4 is 20.2 Å². The molecule has 0 aliphatic carbocycles. The summed E-state index contributed by atoms with van der Waals surface area (Å²) in [5.74, 6) is -1.96. The first kappa shape index (κ1) is 24.4. The summed E-state index contributed by atoms with van der Waals surface area (Å²) in [6, 6.07) is 24.0. The summed E-state index contributed by atoms with van der Waals surface area (Å²) in [6.07, 6.45) is 1.31. The molecule has 8 nitrogen and oxygen atoms in total. The molecule has 4 aromatic rings. The number of fused-ring (bicyclic) bond motifs is 1. The molecule has 0 heterocycles. The van der Waals surface area contributed by atoms with E-state index in [1.54, 1.807) is 60.7 Å². The Kier molecular flexibility index (Phi) is 7.57. The number of hydrogen-bond donors (Lipinski definition) is 2.